The summed E-state index contributed by atoms with van der Waals surface area (Å²) in [6, 6.07) is 1.16. The third kappa shape index (κ3) is 13.7. The van der Waals surface area contributed by atoms with Crippen molar-refractivity contribution >= 4 is 18.9 Å². The Morgan fingerprint density at radius 3 is 2.17 bits per heavy atom. The van der Waals surface area contributed by atoms with Gasteiger partial charge in [0, 0.05) is 8.80 Å². The summed E-state index contributed by atoms with van der Waals surface area (Å²) in [5.74, 6) is -0.0753. The van der Waals surface area contributed by atoms with Gasteiger partial charge >= 0.3 is 29.6 Å². The minimum atomic E-state index is -3.71. The normalized spacial score (nSPS) is 11.3. The van der Waals surface area contributed by atoms with Crippen LogP contribution in [0, 0.1) is 0 Å². The minimum Gasteiger partial charge on any atom is -1.00 e. The summed E-state index contributed by atoms with van der Waals surface area (Å²) in [6.07, 6.45) is 1.54. The second-order valence-corrected chi connectivity index (χ2v) is 8.11. The van der Waals surface area contributed by atoms with Gasteiger partial charge in [0.1, 0.15) is 0 Å². The summed E-state index contributed by atoms with van der Waals surface area (Å²) in [5.41, 5.74) is 0. The van der Waals surface area contributed by atoms with Gasteiger partial charge in [-0.1, -0.05) is 25.6 Å². The molecule has 0 amide bonds. The third-order valence-electron chi connectivity index (χ3n) is 1.43. The molecule has 0 radical (unpaired) electrons. The van der Waals surface area contributed by atoms with Gasteiger partial charge in [-0.15, -0.1) is 0 Å². The van der Waals surface area contributed by atoms with E-state index in [0.717, 1.165) is 12.5 Å². The van der Waals surface area contributed by atoms with E-state index in [4.69, 9.17) is 4.55 Å². The first-order valence-corrected chi connectivity index (χ1v) is 8.60. The van der Waals surface area contributed by atoms with Crippen LogP contribution < -0.4 is 29.6 Å². The molecule has 1 N–H and O–H groups in total. The fourth-order valence-electron chi connectivity index (χ4n) is 0.837. The summed E-state index contributed by atoms with van der Waals surface area (Å²) in [6.45, 7) is 4.46. The minimum absolute atomic E-state index is 0. The molecule has 12 heavy (non-hydrogen) atoms. The molecule has 0 aliphatic carbocycles. The van der Waals surface area contributed by atoms with Crippen LogP contribution in [-0.2, 0) is 10.1 Å². The zero-order chi connectivity index (χ0) is 8.91. The molecule has 0 atom stereocenters. The topological polar surface area (TPSA) is 54.4 Å². The molecule has 0 aromatic heterocycles. The Balaban J connectivity index is -0.000000500. The predicted octanol–water partition coefficient (Wildman–Crippen LogP) is -1.74. The van der Waals surface area contributed by atoms with Crippen molar-refractivity contribution in [3.8, 4) is 0 Å². The Morgan fingerprint density at radius 2 is 1.83 bits per heavy atom. The van der Waals surface area contributed by atoms with Crippen molar-refractivity contribution in [1.82, 2.24) is 0 Å². The van der Waals surface area contributed by atoms with Crippen LogP contribution in [0.3, 0.4) is 0 Å². The van der Waals surface area contributed by atoms with Gasteiger partial charge in [0.25, 0.3) is 10.1 Å². The second-order valence-electron chi connectivity index (χ2n) is 3.18. The maximum absolute atomic E-state index is 10.2. The molecule has 0 fully saturated rings. The van der Waals surface area contributed by atoms with Gasteiger partial charge < -0.3 is 1.43 Å². The molecule has 3 nitrogen and oxygen atoms in total. The third-order valence-corrected chi connectivity index (χ3v) is 3.80. The van der Waals surface area contributed by atoms with Gasteiger partial charge in [-0.05, 0) is 6.42 Å². The molecule has 0 unspecified atom stereocenters. The zero-order valence-electron chi connectivity index (χ0n) is 9.08. The fourth-order valence-corrected chi connectivity index (χ4v) is 2.51. The van der Waals surface area contributed by atoms with E-state index in [2.05, 4.69) is 13.1 Å². The Kier molecular flexibility index (Phi) is 9.78. The van der Waals surface area contributed by atoms with Crippen LogP contribution in [0.5, 0.6) is 0 Å². The van der Waals surface area contributed by atoms with E-state index in [-0.39, 0.29) is 36.7 Å². The van der Waals surface area contributed by atoms with Crippen LogP contribution in [0.1, 0.15) is 14.3 Å². The smallest absolute Gasteiger partial charge is 1.00 e. The molecule has 0 saturated heterocycles. The average Bonchev–Trinajstić information content (AvgIpc) is 1.78. The quantitative estimate of drug-likeness (QED) is 0.340. The molecule has 0 aromatic carbocycles. The van der Waals surface area contributed by atoms with Gasteiger partial charge in [0.15, 0.2) is 0 Å². The van der Waals surface area contributed by atoms with Crippen LogP contribution in [-0.4, -0.2) is 27.5 Å². The largest absolute Gasteiger partial charge is 1.00 e. The molecule has 6 heteroatoms. The number of unbranched alkanes of at least 4 members (excludes halogenated alkanes) is 1. The van der Waals surface area contributed by atoms with Crippen LogP contribution in [0.15, 0.2) is 0 Å². The Labute approximate surface area is 100 Å². The van der Waals surface area contributed by atoms with Gasteiger partial charge in [0.05, 0.1) is 5.75 Å². The van der Waals surface area contributed by atoms with Crippen molar-refractivity contribution in [2.24, 2.45) is 0 Å². The van der Waals surface area contributed by atoms with Crippen molar-refractivity contribution < 1.29 is 44.0 Å². The average molecular weight is 220 g/mol. The van der Waals surface area contributed by atoms with Crippen molar-refractivity contribution in [1.29, 1.82) is 0 Å². The van der Waals surface area contributed by atoms with Crippen molar-refractivity contribution in [2.75, 3.05) is 5.75 Å². The van der Waals surface area contributed by atoms with E-state index in [1.54, 1.807) is 0 Å². The molecule has 0 rings (SSSR count). The summed E-state index contributed by atoms with van der Waals surface area (Å²) in [5, 5.41) is 0. The SMILES string of the molecule is C[SiH](C)CCCCS(=O)(=O)O.[H-].[Na+]. The first-order chi connectivity index (χ1) is 4.92. The molecular formula is C6H17NaO3SSi. The summed E-state index contributed by atoms with van der Waals surface area (Å²) in [7, 11) is -4.24. The molecule has 0 aromatic rings. The number of hydrogen-bond donors (Lipinski definition) is 1. The van der Waals surface area contributed by atoms with Crippen molar-refractivity contribution in [3.05, 3.63) is 0 Å². The van der Waals surface area contributed by atoms with Crippen LogP contribution >= 0.6 is 0 Å². The predicted molar refractivity (Wildman–Crippen MR) is 50.4 cm³/mol. The van der Waals surface area contributed by atoms with E-state index in [1.165, 1.54) is 0 Å². The Bertz CT molecular complexity index is 196. The zero-order valence-corrected chi connectivity index (χ0v) is 12.0. The first-order valence-electron chi connectivity index (χ1n) is 3.87. The van der Waals surface area contributed by atoms with Gasteiger partial charge in [-0.3, -0.25) is 4.55 Å². The molecule has 0 aliphatic heterocycles. The van der Waals surface area contributed by atoms with E-state index in [0.29, 0.717) is 6.42 Å². The molecule has 0 heterocycles. The summed E-state index contributed by atoms with van der Waals surface area (Å²) >= 11 is 0. The standard InChI is InChI=1S/C6H16O3SSi.Na.H/c1-11(2)6-4-3-5-10(7,8)9;;/h11H,3-6H2,1-2H3,(H,7,8,9);;/q;+1;-1. The van der Waals surface area contributed by atoms with E-state index in [9.17, 15) is 8.42 Å². The van der Waals surface area contributed by atoms with Crippen LogP contribution in [0.2, 0.25) is 19.1 Å². The van der Waals surface area contributed by atoms with Gasteiger partial charge in [0.2, 0.25) is 0 Å². The Morgan fingerprint density at radius 1 is 1.33 bits per heavy atom. The Hall–Kier alpha value is 1.13. The van der Waals surface area contributed by atoms with E-state index >= 15 is 0 Å². The maximum atomic E-state index is 10.2. The van der Waals surface area contributed by atoms with Gasteiger partial charge in [-0.25, -0.2) is 0 Å². The van der Waals surface area contributed by atoms with Gasteiger partial charge in [-0.2, -0.15) is 8.42 Å². The summed E-state index contributed by atoms with van der Waals surface area (Å²) < 4.78 is 28.9. The van der Waals surface area contributed by atoms with Crippen molar-refractivity contribution in [2.45, 2.75) is 32.0 Å². The monoisotopic (exact) mass is 220 g/mol. The number of rotatable bonds is 5. The van der Waals surface area contributed by atoms with Crippen LogP contribution in [0.4, 0.5) is 0 Å². The number of hydrogen-bond acceptors (Lipinski definition) is 2. The summed E-state index contributed by atoms with van der Waals surface area (Å²) in [4.78, 5) is 0. The van der Waals surface area contributed by atoms with Crippen LogP contribution in [0.25, 0.3) is 0 Å². The maximum Gasteiger partial charge on any atom is 1.00 e. The molecule has 0 aliphatic rings. The van der Waals surface area contributed by atoms with Crippen molar-refractivity contribution in [3.63, 3.8) is 0 Å². The molecule has 0 spiro atoms. The van der Waals surface area contributed by atoms with E-state index < -0.39 is 18.9 Å². The molecule has 0 saturated carbocycles. The molecule has 70 valence electrons. The van der Waals surface area contributed by atoms with E-state index in [1.807, 2.05) is 0 Å². The first kappa shape index (κ1) is 15.6. The second kappa shape index (κ2) is 7.52. The molecular weight excluding hydrogens is 203 g/mol. The fraction of sp³-hybridized carbons (Fsp3) is 1.00. The molecule has 0 bridgehead atoms.